The van der Waals surface area contributed by atoms with Crippen LogP contribution in [0.3, 0.4) is 0 Å². The van der Waals surface area contributed by atoms with Crippen LogP contribution < -0.4 is 4.74 Å². The van der Waals surface area contributed by atoms with Gasteiger partial charge in [0.2, 0.25) is 5.91 Å². The number of rotatable bonds is 4. The first kappa shape index (κ1) is 15.6. The first-order chi connectivity index (χ1) is 12.2. The Morgan fingerprint density at radius 1 is 1.28 bits per heavy atom. The van der Waals surface area contributed by atoms with Crippen LogP contribution in [-0.4, -0.2) is 45.8 Å². The van der Waals surface area contributed by atoms with Crippen LogP contribution in [0.4, 0.5) is 4.39 Å². The van der Waals surface area contributed by atoms with E-state index >= 15 is 0 Å². The predicted molar refractivity (Wildman–Crippen MR) is 90.7 cm³/mol. The number of ether oxygens (including phenoxy) is 1. The first-order valence-electron chi connectivity index (χ1n) is 8.09. The second-order valence-electron chi connectivity index (χ2n) is 6.01. The van der Waals surface area contributed by atoms with Gasteiger partial charge in [0.15, 0.2) is 0 Å². The molecule has 2 aromatic heterocycles. The molecule has 0 saturated carbocycles. The Labute approximate surface area is 143 Å². The molecule has 3 aromatic rings. The monoisotopic (exact) mass is 340 g/mol. The van der Waals surface area contributed by atoms with Crippen molar-refractivity contribution in [3.05, 3.63) is 42.5 Å². The number of aromatic nitrogens is 3. The second kappa shape index (κ2) is 6.16. The summed E-state index contributed by atoms with van der Waals surface area (Å²) < 4.78 is 20.4. The summed E-state index contributed by atoms with van der Waals surface area (Å²) in [6.45, 7) is 1.82. The van der Waals surface area contributed by atoms with Crippen LogP contribution in [0.1, 0.15) is 6.42 Å². The number of fused-ring (bicyclic) bond motifs is 1. The molecule has 0 unspecified atom stereocenters. The molecule has 0 spiro atoms. The Bertz CT molecular complexity index is 949. The summed E-state index contributed by atoms with van der Waals surface area (Å²) in [6, 6.07) is 6.27. The molecular formula is C18H17FN4O2. The number of carbonyl (C=O) groups is 1. The summed E-state index contributed by atoms with van der Waals surface area (Å²) in [4.78, 5) is 18.4. The average Bonchev–Trinajstić information content (AvgIpc) is 2.95. The van der Waals surface area contributed by atoms with Crippen LogP contribution >= 0.6 is 0 Å². The molecule has 4 rings (SSSR count). The van der Waals surface area contributed by atoms with E-state index in [1.54, 1.807) is 23.1 Å². The van der Waals surface area contributed by atoms with E-state index in [9.17, 15) is 9.18 Å². The molecule has 3 heterocycles. The highest BCUT2D eigenvalue weighted by Gasteiger charge is 2.21. The Balaban J connectivity index is 1.72. The smallest absolute Gasteiger partial charge is 0.244 e. The molecule has 1 aromatic carbocycles. The van der Waals surface area contributed by atoms with E-state index < -0.39 is 0 Å². The first-order valence-corrected chi connectivity index (χ1v) is 8.09. The van der Waals surface area contributed by atoms with Gasteiger partial charge in [-0.25, -0.2) is 4.39 Å². The molecule has 1 saturated heterocycles. The number of benzene rings is 1. The highest BCUT2D eigenvalue weighted by Crippen LogP contribution is 2.31. The van der Waals surface area contributed by atoms with Crippen molar-refractivity contribution in [3.63, 3.8) is 0 Å². The van der Waals surface area contributed by atoms with Crippen LogP contribution in [0.2, 0.25) is 0 Å². The van der Waals surface area contributed by atoms with Gasteiger partial charge in [0.05, 0.1) is 18.8 Å². The Morgan fingerprint density at radius 2 is 2.12 bits per heavy atom. The lowest BCUT2D eigenvalue weighted by Gasteiger charge is -2.30. The fourth-order valence-electron chi connectivity index (χ4n) is 2.93. The summed E-state index contributed by atoms with van der Waals surface area (Å²) in [6.07, 6.45) is 4.40. The van der Waals surface area contributed by atoms with Crippen LogP contribution in [0, 0.1) is 5.82 Å². The maximum Gasteiger partial charge on any atom is 0.244 e. The van der Waals surface area contributed by atoms with Crippen LogP contribution in [-0.2, 0) is 11.3 Å². The molecule has 0 atom stereocenters. The average molecular weight is 340 g/mol. The number of pyridine rings is 1. The van der Waals surface area contributed by atoms with Crippen molar-refractivity contribution in [2.75, 3.05) is 20.2 Å². The van der Waals surface area contributed by atoms with Crippen molar-refractivity contribution < 1.29 is 13.9 Å². The predicted octanol–water partition coefficient (Wildman–Crippen LogP) is 2.48. The van der Waals surface area contributed by atoms with E-state index in [1.807, 2.05) is 11.0 Å². The van der Waals surface area contributed by atoms with Gasteiger partial charge in [-0.1, -0.05) is 0 Å². The molecule has 1 amide bonds. The van der Waals surface area contributed by atoms with Gasteiger partial charge in [0.1, 0.15) is 23.6 Å². The van der Waals surface area contributed by atoms with E-state index in [1.165, 1.54) is 19.2 Å². The van der Waals surface area contributed by atoms with Crippen molar-refractivity contribution in [2.24, 2.45) is 0 Å². The maximum absolute atomic E-state index is 13.4. The zero-order valence-electron chi connectivity index (χ0n) is 13.8. The van der Waals surface area contributed by atoms with Crippen LogP contribution in [0.25, 0.3) is 22.2 Å². The van der Waals surface area contributed by atoms with Crippen LogP contribution in [0.5, 0.6) is 5.75 Å². The molecule has 7 heteroatoms. The van der Waals surface area contributed by atoms with Gasteiger partial charge < -0.3 is 9.64 Å². The van der Waals surface area contributed by atoms with Gasteiger partial charge in [-0.3, -0.25) is 14.5 Å². The largest absolute Gasteiger partial charge is 0.496 e. The quantitative estimate of drug-likeness (QED) is 0.732. The normalized spacial score (nSPS) is 13.8. The zero-order valence-corrected chi connectivity index (χ0v) is 13.8. The van der Waals surface area contributed by atoms with Crippen molar-refractivity contribution in [1.29, 1.82) is 0 Å². The minimum absolute atomic E-state index is 0.0565. The maximum atomic E-state index is 13.4. The molecule has 6 nitrogen and oxygen atoms in total. The Morgan fingerprint density at radius 3 is 2.84 bits per heavy atom. The lowest BCUT2D eigenvalue weighted by Crippen LogP contribution is -2.43. The molecule has 0 bridgehead atoms. The van der Waals surface area contributed by atoms with Gasteiger partial charge in [0.25, 0.3) is 0 Å². The molecule has 0 N–H and O–H groups in total. The molecule has 1 fully saturated rings. The minimum Gasteiger partial charge on any atom is -0.496 e. The number of methoxy groups -OCH3 is 1. The fraction of sp³-hybridized carbons (Fsp3) is 0.278. The number of carbonyl (C=O) groups excluding carboxylic acids is 1. The number of nitrogens with zero attached hydrogens (tertiary/aromatic N) is 4. The summed E-state index contributed by atoms with van der Waals surface area (Å²) in [7, 11) is 1.50. The standard InChI is InChI=1S/C18H17FN4O2/c1-25-17-8-13(19)3-4-14(17)12-7-16-15(20-9-12)10-21-23(16)11-18(24)22-5-2-6-22/h3-4,7-10H,2,5-6,11H2,1H3. The highest BCUT2D eigenvalue weighted by molar-refractivity contribution is 5.84. The number of amides is 1. The van der Waals surface area contributed by atoms with Gasteiger partial charge in [-0.2, -0.15) is 5.10 Å². The second-order valence-corrected chi connectivity index (χ2v) is 6.01. The zero-order chi connectivity index (χ0) is 17.4. The number of halogens is 1. The van der Waals surface area contributed by atoms with E-state index in [0.717, 1.165) is 36.2 Å². The summed E-state index contributed by atoms with van der Waals surface area (Å²) in [5.41, 5.74) is 2.99. The third-order valence-electron chi connectivity index (χ3n) is 4.46. The lowest BCUT2D eigenvalue weighted by atomic mass is 10.1. The SMILES string of the molecule is COc1cc(F)ccc1-c1cnc2cnn(CC(=O)N3CCC3)c2c1. The Kier molecular flexibility index (Phi) is 3.83. The van der Waals surface area contributed by atoms with Gasteiger partial charge in [-0.05, 0) is 24.6 Å². The minimum atomic E-state index is -0.361. The van der Waals surface area contributed by atoms with Crippen molar-refractivity contribution in [3.8, 4) is 16.9 Å². The molecule has 128 valence electrons. The number of hydrogen-bond donors (Lipinski definition) is 0. The topological polar surface area (TPSA) is 60.3 Å². The molecule has 1 aliphatic rings. The van der Waals surface area contributed by atoms with E-state index in [-0.39, 0.29) is 18.3 Å². The lowest BCUT2D eigenvalue weighted by molar-refractivity contribution is -0.135. The van der Waals surface area contributed by atoms with Crippen molar-refractivity contribution in [1.82, 2.24) is 19.7 Å². The third-order valence-corrected chi connectivity index (χ3v) is 4.46. The van der Waals surface area contributed by atoms with E-state index in [4.69, 9.17) is 4.74 Å². The van der Waals surface area contributed by atoms with E-state index in [0.29, 0.717) is 11.3 Å². The molecule has 0 radical (unpaired) electrons. The number of hydrogen-bond acceptors (Lipinski definition) is 4. The van der Waals surface area contributed by atoms with E-state index in [2.05, 4.69) is 10.1 Å². The van der Waals surface area contributed by atoms with Gasteiger partial charge in [-0.15, -0.1) is 0 Å². The van der Waals surface area contributed by atoms with Gasteiger partial charge in [0, 0.05) is 36.5 Å². The van der Waals surface area contributed by atoms with Crippen LogP contribution in [0.15, 0.2) is 36.7 Å². The molecular weight excluding hydrogens is 323 g/mol. The third kappa shape index (κ3) is 2.82. The fourth-order valence-corrected chi connectivity index (χ4v) is 2.93. The van der Waals surface area contributed by atoms with Crippen molar-refractivity contribution in [2.45, 2.75) is 13.0 Å². The number of likely N-dealkylation sites (tertiary alicyclic amines) is 1. The summed E-state index contributed by atoms with van der Waals surface area (Å²) in [5.74, 6) is 0.129. The summed E-state index contributed by atoms with van der Waals surface area (Å²) >= 11 is 0. The Hall–Kier alpha value is -2.96. The van der Waals surface area contributed by atoms with Crippen molar-refractivity contribution >= 4 is 16.9 Å². The molecule has 25 heavy (non-hydrogen) atoms. The molecule has 0 aliphatic carbocycles. The highest BCUT2D eigenvalue weighted by atomic mass is 19.1. The van der Waals surface area contributed by atoms with Gasteiger partial charge >= 0.3 is 0 Å². The molecule has 1 aliphatic heterocycles. The summed E-state index contributed by atoms with van der Waals surface area (Å²) in [5, 5.41) is 4.28.